The second-order valence-corrected chi connectivity index (χ2v) is 7.78. The minimum atomic E-state index is 0.273. The predicted molar refractivity (Wildman–Crippen MR) is 103 cm³/mol. The molecule has 0 spiro atoms. The third-order valence-corrected chi connectivity index (χ3v) is 5.67. The van der Waals surface area contributed by atoms with Crippen molar-refractivity contribution in [3.05, 3.63) is 35.7 Å². The van der Waals surface area contributed by atoms with Gasteiger partial charge in [0.1, 0.15) is 0 Å². The SMILES string of the molecule is NC1CCN(c2ccc3c(CCCCO)c(CC4CC4)ncc3c2)C1. The van der Waals surface area contributed by atoms with Crippen molar-refractivity contribution in [2.24, 2.45) is 11.7 Å². The molecule has 0 radical (unpaired) electrons. The van der Waals surface area contributed by atoms with Crippen LogP contribution in [0.3, 0.4) is 0 Å². The summed E-state index contributed by atoms with van der Waals surface area (Å²) < 4.78 is 0. The average molecular weight is 339 g/mol. The summed E-state index contributed by atoms with van der Waals surface area (Å²) in [5, 5.41) is 11.7. The Labute approximate surface area is 150 Å². The molecule has 1 aliphatic carbocycles. The molecule has 1 atom stereocenters. The Morgan fingerprint density at radius 2 is 2.08 bits per heavy atom. The van der Waals surface area contributed by atoms with Gasteiger partial charge in [-0.2, -0.15) is 0 Å². The minimum absolute atomic E-state index is 0.273. The standard InChI is InChI=1S/C21H29N3O/c22-17-8-9-24(14-17)18-6-7-19-16(12-18)13-23-21(11-15-4-5-15)20(19)3-1-2-10-25/h6-7,12-13,15,17,25H,1-5,8-11,14,22H2. The van der Waals surface area contributed by atoms with Crippen LogP contribution in [-0.2, 0) is 12.8 Å². The van der Waals surface area contributed by atoms with Gasteiger partial charge in [-0.05, 0) is 73.9 Å². The van der Waals surface area contributed by atoms with Gasteiger partial charge in [-0.1, -0.05) is 6.07 Å². The number of aliphatic hydroxyl groups is 1. The molecular formula is C21H29N3O. The molecule has 0 amide bonds. The maximum Gasteiger partial charge on any atom is 0.0444 e. The van der Waals surface area contributed by atoms with E-state index in [1.54, 1.807) is 0 Å². The van der Waals surface area contributed by atoms with Crippen LogP contribution in [0.25, 0.3) is 10.8 Å². The summed E-state index contributed by atoms with van der Waals surface area (Å²) >= 11 is 0. The summed E-state index contributed by atoms with van der Waals surface area (Å²) in [6.45, 7) is 2.26. The Morgan fingerprint density at radius 1 is 1.20 bits per heavy atom. The molecule has 1 unspecified atom stereocenters. The van der Waals surface area contributed by atoms with Gasteiger partial charge in [-0.25, -0.2) is 0 Å². The number of fused-ring (bicyclic) bond motifs is 1. The van der Waals surface area contributed by atoms with E-state index in [1.807, 2.05) is 0 Å². The molecule has 134 valence electrons. The van der Waals surface area contributed by atoms with Gasteiger partial charge in [-0.3, -0.25) is 4.98 Å². The van der Waals surface area contributed by atoms with Gasteiger partial charge in [0.25, 0.3) is 0 Å². The lowest BCUT2D eigenvalue weighted by Crippen LogP contribution is -2.26. The van der Waals surface area contributed by atoms with Crippen LogP contribution < -0.4 is 10.6 Å². The Kier molecular flexibility index (Phi) is 4.91. The van der Waals surface area contributed by atoms with Crippen molar-refractivity contribution in [2.75, 3.05) is 24.6 Å². The number of aromatic nitrogens is 1. The Bertz CT molecular complexity index is 741. The maximum atomic E-state index is 9.13. The molecule has 2 heterocycles. The molecule has 0 bridgehead atoms. The molecule has 2 aliphatic rings. The summed E-state index contributed by atoms with van der Waals surface area (Å²) in [6, 6.07) is 7.10. The number of rotatable bonds is 7. The van der Waals surface area contributed by atoms with Crippen molar-refractivity contribution in [1.82, 2.24) is 4.98 Å². The third kappa shape index (κ3) is 3.80. The van der Waals surface area contributed by atoms with Crippen LogP contribution in [-0.4, -0.2) is 35.8 Å². The van der Waals surface area contributed by atoms with E-state index in [0.29, 0.717) is 6.04 Å². The third-order valence-electron chi connectivity index (χ3n) is 5.67. The molecule has 4 heteroatoms. The molecule has 25 heavy (non-hydrogen) atoms. The zero-order chi connectivity index (χ0) is 17.2. The highest BCUT2D eigenvalue weighted by molar-refractivity contribution is 5.88. The van der Waals surface area contributed by atoms with Crippen molar-refractivity contribution >= 4 is 16.5 Å². The van der Waals surface area contributed by atoms with E-state index < -0.39 is 0 Å². The van der Waals surface area contributed by atoms with Crippen LogP contribution in [0.2, 0.25) is 0 Å². The summed E-state index contributed by atoms with van der Waals surface area (Å²) in [5.74, 6) is 0.840. The molecular weight excluding hydrogens is 310 g/mol. The molecule has 1 saturated carbocycles. The van der Waals surface area contributed by atoms with Gasteiger partial charge >= 0.3 is 0 Å². The van der Waals surface area contributed by atoms with Crippen LogP contribution in [0.15, 0.2) is 24.4 Å². The molecule has 4 nitrogen and oxygen atoms in total. The Hall–Kier alpha value is -1.65. The number of unbranched alkanes of at least 4 members (excludes halogenated alkanes) is 1. The second kappa shape index (κ2) is 7.30. The molecule has 4 rings (SSSR count). The number of aliphatic hydroxyl groups excluding tert-OH is 1. The molecule has 2 fully saturated rings. The Balaban J connectivity index is 1.65. The molecule has 3 N–H and O–H groups in total. The molecule has 1 aromatic carbocycles. The minimum Gasteiger partial charge on any atom is -0.396 e. The fourth-order valence-electron chi connectivity index (χ4n) is 3.99. The van der Waals surface area contributed by atoms with Crippen LogP contribution in [0, 0.1) is 5.92 Å². The van der Waals surface area contributed by atoms with Gasteiger partial charge in [0.15, 0.2) is 0 Å². The fraction of sp³-hybridized carbons (Fsp3) is 0.571. The van der Waals surface area contributed by atoms with Gasteiger partial charge < -0.3 is 15.7 Å². The van der Waals surface area contributed by atoms with E-state index >= 15 is 0 Å². The fourth-order valence-corrected chi connectivity index (χ4v) is 3.99. The topological polar surface area (TPSA) is 62.4 Å². The second-order valence-electron chi connectivity index (χ2n) is 7.78. The number of anilines is 1. The van der Waals surface area contributed by atoms with Gasteiger partial charge in [0, 0.05) is 48.7 Å². The lowest BCUT2D eigenvalue weighted by molar-refractivity contribution is 0.284. The van der Waals surface area contributed by atoms with Crippen molar-refractivity contribution in [1.29, 1.82) is 0 Å². The van der Waals surface area contributed by atoms with E-state index in [0.717, 1.165) is 51.1 Å². The first kappa shape index (κ1) is 16.8. The largest absolute Gasteiger partial charge is 0.396 e. The maximum absolute atomic E-state index is 9.13. The van der Waals surface area contributed by atoms with Crippen LogP contribution in [0.1, 0.15) is 43.4 Å². The van der Waals surface area contributed by atoms with Crippen molar-refractivity contribution < 1.29 is 5.11 Å². The highest BCUT2D eigenvalue weighted by Gasteiger charge is 2.24. The number of aryl methyl sites for hydroxylation is 1. The zero-order valence-corrected chi connectivity index (χ0v) is 15.0. The lowest BCUT2D eigenvalue weighted by atomic mass is 9.96. The Morgan fingerprint density at radius 3 is 2.80 bits per heavy atom. The number of nitrogens with two attached hydrogens (primary N) is 1. The summed E-state index contributed by atoms with van der Waals surface area (Å²) in [4.78, 5) is 7.23. The van der Waals surface area contributed by atoms with Gasteiger partial charge in [-0.15, -0.1) is 0 Å². The highest BCUT2D eigenvalue weighted by Crippen LogP contribution is 2.35. The van der Waals surface area contributed by atoms with Crippen molar-refractivity contribution in [3.8, 4) is 0 Å². The van der Waals surface area contributed by atoms with E-state index in [2.05, 4.69) is 29.3 Å². The smallest absolute Gasteiger partial charge is 0.0444 e. The number of nitrogens with zero attached hydrogens (tertiary/aromatic N) is 2. The monoisotopic (exact) mass is 339 g/mol. The number of pyridine rings is 1. The van der Waals surface area contributed by atoms with E-state index in [-0.39, 0.29) is 6.61 Å². The summed E-state index contributed by atoms with van der Waals surface area (Å²) in [7, 11) is 0. The zero-order valence-electron chi connectivity index (χ0n) is 15.0. The van der Waals surface area contributed by atoms with E-state index in [4.69, 9.17) is 15.8 Å². The lowest BCUT2D eigenvalue weighted by Gasteiger charge is -2.20. The van der Waals surface area contributed by atoms with E-state index in [9.17, 15) is 0 Å². The van der Waals surface area contributed by atoms with Crippen LogP contribution >= 0.6 is 0 Å². The number of benzene rings is 1. The quantitative estimate of drug-likeness (QED) is 0.761. The van der Waals surface area contributed by atoms with Crippen molar-refractivity contribution in [3.63, 3.8) is 0 Å². The van der Waals surface area contributed by atoms with Crippen molar-refractivity contribution in [2.45, 2.75) is 51.0 Å². The highest BCUT2D eigenvalue weighted by atomic mass is 16.2. The molecule has 2 aromatic rings. The first-order valence-electron chi connectivity index (χ1n) is 9.76. The molecule has 1 aromatic heterocycles. The summed E-state index contributed by atoms with van der Waals surface area (Å²) in [6.07, 6.45) is 9.85. The van der Waals surface area contributed by atoms with E-state index in [1.165, 1.54) is 40.6 Å². The van der Waals surface area contributed by atoms with Crippen LogP contribution in [0.4, 0.5) is 5.69 Å². The number of hydrogen-bond donors (Lipinski definition) is 2. The van der Waals surface area contributed by atoms with Gasteiger partial charge in [0.2, 0.25) is 0 Å². The summed E-state index contributed by atoms with van der Waals surface area (Å²) in [5.41, 5.74) is 10.0. The average Bonchev–Trinajstić information content (AvgIpc) is 3.34. The van der Waals surface area contributed by atoms with Gasteiger partial charge in [0.05, 0.1) is 0 Å². The first-order valence-corrected chi connectivity index (χ1v) is 9.76. The molecule has 1 saturated heterocycles. The predicted octanol–water partition coefficient (Wildman–Crippen LogP) is 3.04. The molecule has 1 aliphatic heterocycles. The first-order chi connectivity index (χ1) is 12.2. The van der Waals surface area contributed by atoms with Crippen LogP contribution in [0.5, 0.6) is 0 Å². The normalized spacial score (nSPS) is 20.6. The number of hydrogen-bond acceptors (Lipinski definition) is 4.